The molecule has 0 bridgehead atoms. The minimum absolute atomic E-state index is 0.0661. The van der Waals surface area contributed by atoms with Crippen molar-refractivity contribution in [2.75, 3.05) is 5.73 Å². The van der Waals surface area contributed by atoms with Crippen LogP contribution in [0.25, 0.3) is 0 Å². The van der Waals surface area contributed by atoms with Crippen LogP contribution in [-0.2, 0) is 11.8 Å². The van der Waals surface area contributed by atoms with Gasteiger partial charge in [0.1, 0.15) is 5.82 Å². The average molecular weight is 270 g/mol. The molecule has 0 spiro atoms. The highest BCUT2D eigenvalue weighted by molar-refractivity contribution is 5.40. The summed E-state index contributed by atoms with van der Waals surface area (Å²) in [6, 6.07) is 14.3. The predicted molar refractivity (Wildman–Crippen MR) is 82.9 cm³/mol. The lowest BCUT2D eigenvalue weighted by molar-refractivity contribution is 0.342. The Balaban J connectivity index is 2.26. The molecule has 1 aromatic heterocycles. The molecule has 0 aliphatic carbocycles. The van der Waals surface area contributed by atoms with E-state index in [0.717, 1.165) is 12.0 Å². The molecule has 2 aromatic rings. The topological polar surface area (TPSA) is 77.0 Å². The minimum atomic E-state index is -0.113. The van der Waals surface area contributed by atoms with Gasteiger partial charge in [-0.05, 0) is 23.6 Å². The molecule has 106 valence electrons. The first kappa shape index (κ1) is 14.5. The van der Waals surface area contributed by atoms with E-state index in [4.69, 9.17) is 11.6 Å². The van der Waals surface area contributed by atoms with Gasteiger partial charge in [0.05, 0.1) is 0 Å². The van der Waals surface area contributed by atoms with Gasteiger partial charge in [-0.25, -0.2) is 4.98 Å². The molecule has 1 unspecified atom stereocenters. The summed E-state index contributed by atoms with van der Waals surface area (Å²) in [7, 11) is 0. The number of nitrogens with one attached hydrogen (secondary N) is 1. The van der Waals surface area contributed by atoms with Crippen LogP contribution in [0.4, 0.5) is 5.82 Å². The summed E-state index contributed by atoms with van der Waals surface area (Å²) < 4.78 is 0. The fourth-order valence-corrected chi connectivity index (χ4v) is 2.43. The average Bonchev–Trinajstić information content (AvgIpc) is 2.47. The Bertz CT molecular complexity index is 551. The SMILES string of the molecule is CC(C)(c1ccccc1)C(Cc1cccnc1N)NN. The van der Waals surface area contributed by atoms with Crippen LogP contribution >= 0.6 is 0 Å². The van der Waals surface area contributed by atoms with E-state index in [1.165, 1.54) is 5.56 Å². The Hall–Kier alpha value is -1.91. The predicted octanol–water partition coefficient (Wildman–Crippen LogP) is 2.02. The number of nitrogen functional groups attached to an aromatic ring is 1. The molecule has 1 heterocycles. The largest absolute Gasteiger partial charge is 0.383 e. The summed E-state index contributed by atoms with van der Waals surface area (Å²) >= 11 is 0. The number of nitrogens with two attached hydrogens (primary N) is 2. The van der Waals surface area contributed by atoms with Gasteiger partial charge in [-0.2, -0.15) is 0 Å². The van der Waals surface area contributed by atoms with Crippen molar-refractivity contribution in [2.45, 2.75) is 31.7 Å². The highest BCUT2D eigenvalue weighted by atomic mass is 15.2. The van der Waals surface area contributed by atoms with E-state index in [1.807, 2.05) is 30.3 Å². The van der Waals surface area contributed by atoms with Gasteiger partial charge in [0.2, 0.25) is 0 Å². The zero-order valence-corrected chi connectivity index (χ0v) is 12.0. The fraction of sp³-hybridized carbons (Fsp3) is 0.312. The van der Waals surface area contributed by atoms with Crippen molar-refractivity contribution in [3.8, 4) is 0 Å². The maximum absolute atomic E-state index is 5.93. The van der Waals surface area contributed by atoms with E-state index in [0.29, 0.717) is 5.82 Å². The minimum Gasteiger partial charge on any atom is -0.383 e. The number of hydrogen-bond acceptors (Lipinski definition) is 4. The first-order valence-electron chi connectivity index (χ1n) is 6.76. The molecule has 0 amide bonds. The molecule has 2 rings (SSSR count). The summed E-state index contributed by atoms with van der Waals surface area (Å²) in [4.78, 5) is 4.13. The van der Waals surface area contributed by atoms with Gasteiger partial charge in [-0.1, -0.05) is 50.2 Å². The molecule has 1 aromatic carbocycles. The lowest BCUT2D eigenvalue weighted by Gasteiger charge is -2.34. The van der Waals surface area contributed by atoms with Crippen LogP contribution in [0.2, 0.25) is 0 Å². The third-order valence-electron chi connectivity index (χ3n) is 3.94. The molecule has 4 nitrogen and oxygen atoms in total. The van der Waals surface area contributed by atoms with E-state index < -0.39 is 0 Å². The van der Waals surface area contributed by atoms with Gasteiger partial charge < -0.3 is 5.73 Å². The number of anilines is 1. The molecular formula is C16H22N4. The van der Waals surface area contributed by atoms with Crippen LogP contribution in [0.5, 0.6) is 0 Å². The van der Waals surface area contributed by atoms with Crippen molar-refractivity contribution in [1.29, 1.82) is 0 Å². The summed E-state index contributed by atoms with van der Waals surface area (Å²) in [5, 5.41) is 0. The van der Waals surface area contributed by atoms with Gasteiger partial charge in [0.25, 0.3) is 0 Å². The van der Waals surface area contributed by atoms with Crippen molar-refractivity contribution < 1.29 is 0 Å². The number of nitrogens with zero attached hydrogens (tertiary/aromatic N) is 1. The van der Waals surface area contributed by atoms with Crippen LogP contribution in [0.1, 0.15) is 25.0 Å². The second-order valence-corrected chi connectivity index (χ2v) is 5.56. The number of hydrogen-bond donors (Lipinski definition) is 3. The van der Waals surface area contributed by atoms with Crippen LogP contribution in [0, 0.1) is 0 Å². The molecule has 0 aliphatic heterocycles. The number of aromatic nitrogens is 1. The lowest BCUT2D eigenvalue weighted by atomic mass is 9.76. The van der Waals surface area contributed by atoms with Crippen molar-refractivity contribution >= 4 is 5.82 Å². The Morgan fingerprint density at radius 2 is 1.85 bits per heavy atom. The molecule has 0 saturated heterocycles. The third kappa shape index (κ3) is 2.98. The van der Waals surface area contributed by atoms with Gasteiger partial charge in [0, 0.05) is 17.7 Å². The van der Waals surface area contributed by atoms with Gasteiger partial charge in [-0.3, -0.25) is 11.3 Å². The van der Waals surface area contributed by atoms with Gasteiger partial charge in [0.15, 0.2) is 0 Å². The van der Waals surface area contributed by atoms with Crippen molar-refractivity contribution in [3.05, 3.63) is 59.8 Å². The number of pyridine rings is 1. The first-order valence-corrected chi connectivity index (χ1v) is 6.76. The molecule has 1 atom stereocenters. The van der Waals surface area contributed by atoms with E-state index in [-0.39, 0.29) is 11.5 Å². The normalized spacial score (nSPS) is 13.2. The van der Waals surface area contributed by atoms with Crippen LogP contribution in [-0.4, -0.2) is 11.0 Å². The van der Waals surface area contributed by atoms with Crippen molar-refractivity contribution in [2.24, 2.45) is 5.84 Å². The number of hydrazine groups is 1. The summed E-state index contributed by atoms with van der Waals surface area (Å²) in [5.41, 5.74) is 11.0. The van der Waals surface area contributed by atoms with E-state index >= 15 is 0 Å². The molecule has 4 heteroatoms. The highest BCUT2D eigenvalue weighted by Gasteiger charge is 2.31. The van der Waals surface area contributed by atoms with Crippen LogP contribution in [0.3, 0.4) is 0 Å². The third-order valence-corrected chi connectivity index (χ3v) is 3.94. The molecular weight excluding hydrogens is 248 g/mol. The molecule has 20 heavy (non-hydrogen) atoms. The maximum Gasteiger partial charge on any atom is 0.126 e. The highest BCUT2D eigenvalue weighted by Crippen LogP contribution is 2.29. The molecule has 0 fully saturated rings. The zero-order valence-electron chi connectivity index (χ0n) is 12.0. The maximum atomic E-state index is 5.93. The summed E-state index contributed by atoms with van der Waals surface area (Å²) in [6.45, 7) is 4.36. The van der Waals surface area contributed by atoms with Crippen molar-refractivity contribution in [1.82, 2.24) is 10.4 Å². The van der Waals surface area contributed by atoms with Crippen LogP contribution in [0.15, 0.2) is 48.7 Å². The monoisotopic (exact) mass is 270 g/mol. The van der Waals surface area contributed by atoms with Gasteiger partial charge >= 0.3 is 0 Å². The van der Waals surface area contributed by atoms with E-state index in [2.05, 4.69) is 36.4 Å². The first-order chi connectivity index (χ1) is 9.55. The van der Waals surface area contributed by atoms with Crippen molar-refractivity contribution in [3.63, 3.8) is 0 Å². The standard InChI is InChI=1S/C16H22N4/c1-16(2,13-8-4-3-5-9-13)14(20-18)11-12-7-6-10-19-15(12)17/h3-10,14,20H,11,18H2,1-2H3,(H2,17,19). The Morgan fingerprint density at radius 3 is 2.45 bits per heavy atom. The summed E-state index contributed by atoms with van der Waals surface area (Å²) in [6.07, 6.45) is 2.43. The van der Waals surface area contributed by atoms with Gasteiger partial charge in [-0.15, -0.1) is 0 Å². The quantitative estimate of drug-likeness (QED) is 0.574. The lowest BCUT2D eigenvalue weighted by Crippen LogP contribution is -2.49. The Kier molecular flexibility index (Phi) is 4.37. The fourth-order valence-electron chi connectivity index (χ4n) is 2.43. The molecule has 0 saturated carbocycles. The summed E-state index contributed by atoms with van der Waals surface area (Å²) in [5.74, 6) is 6.35. The molecule has 0 radical (unpaired) electrons. The second-order valence-electron chi connectivity index (χ2n) is 5.56. The van der Waals surface area contributed by atoms with E-state index in [9.17, 15) is 0 Å². The van der Waals surface area contributed by atoms with E-state index in [1.54, 1.807) is 6.20 Å². The smallest absolute Gasteiger partial charge is 0.126 e. The van der Waals surface area contributed by atoms with Crippen LogP contribution < -0.4 is 17.0 Å². The molecule has 0 aliphatic rings. The molecule has 5 N–H and O–H groups in total. The Morgan fingerprint density at radius 1 is 1.15 bits per heavy atom. The number of rotatable bonds is 5. The Labute approximate surface area is 120 Å². The second kappa shape index (κ2) is 6.03. The zero-order chi connectivity index (χ0) is 14.6. The number of benzene rings is 1.